The van der Waals surface area contributed by atoms with Crippen molar-refractivity contribution in [3.8, 4) is 0 Å². The lowest BCUT2D eigenvalue weighted by Gasteiger charge is -2.34. The van der Waals surface area contributed by atoms with Gasteiger partial charge in [0.05, 0.1) is 0 Å². The first kappa shape index (κ1) is 14.3. The molecule has 0 saturated carbocycles. The Morgan fingerprint density at radius 1 is 1.38 bits per heavy atom. The molecule has 0 spiro atoms. The number of rotatable bonds is 3. The van der Waals surface area contributed by atoms with E-state index in [1.165, 1.54) is 0 Å². The van der Waals surface area contributed by atoms with E-state index in [4.69, 9.17) is 11.6 Å². The zero-order valence-corrected chi connectivity index (χ0v) is 13.2. The van der Waals surface area contributed by atoms with Crippen LogP contribution in [-0.4, -0.2) is 32.8 Å². The number of piperidine rings is 1. The Balaban J connectivity index is 1.81. The van der Waals surface area contributed by atoms with E-state index in [1.807, 2.05) is 18.5 Å². The summed E-state index contributed by atoms with van der Waals surface area (Å²) in [5.74, 6) is 1.51. The van der Waals surface area contributed by atoms with Crippen molar-refractivity contribution in [2.24, 2.45) is 0 Å². The van der Waals surface area contributed by atoms with Crippen LogP contribution in [0.15, 0.2) is 24.7 Å². The lowest BCUT2D eigenvalue weighted by molar-refractivity contribution is 0.455. The first-order valence-corrected chi connectivity index (χ1v) is 7.79. The van der Waals surface area contributed by atoms with Crippen LogP contribution in [0.4, 0.5) is 5.69 Å². The number of pyridine rings is 1. The Bertz CT molecular complexity index is 610. The van der Waals surface area contributed by atoms with E-state index in [0.717, 1.165) is 37.4 Å². The molecule has 0 N–H and O–H groups in total. The van der Waals surface area contributed by atoms with E-state index in [9.17, 15) is 0 Å². The topological polar surface area (TPSA) is 46.8 Å². The Labute approximate surface area is 130 Å². The molecule has 5 nitrogen and oxygen atoms in total. The molecular weight excluding hydrogens is 286 g/mol. The van der Waals surface area contributed by atoms with Crippen LogP contribution in [0.25, 0.3) is 0 Å². The SMILES string of the molecule is CC(C)n1cnnc1C1CCCN(c2ccnc(Cl)c2)C1. The summed E-state index contributed by atoms with van der Waals surface area (Å²) in [5.41, 5.74) is 1.13. The van der Waals surface area contributed by atoms with Crippen LogP contribution < -0.4 is 4.90 Å². The van der Waals surface area contributed by atoms with Gasteiger partial charge in [-0.2, -0.15) is 0 Å². The fraction of sp³-hybridized carbons (Fsp3) is 0.533. The minimum absolute atomic E-state index is 0.390. The molecule has 1 aliphatic heterocycles. The molecule has 1 unspecified atom stereocenters. The molecule has 0 amide bonds. The van der Waals surface area contributed by atoms with E-state index in [1.54, 1.807) is 6.20 Å². The zero-order chi connectivity index (χ0) is 14.8. The molecule has 0 aliphatic carbocycles. The van der Waals surface area contributed by atoms with E-state index in [2.05, 4.69) is 38.5 Å². The second-order valence-electron chi connectivity index (χ2n) is 5.81. The van der Waals surface area contributed by atoms with Gasteiger partial charge in [-0.25, -0.2) is 4.98 Å². The van der Waals surface area contributed by atoms with Crippen LogP contribution in [0.2, 0.25) is 5.15 Å². The van der Waals surface area contributed by atoms with Crippen molar-refractivity contribution in [2.75, 3.05) is 18.0 Å². The van der Waals surface area contributed by atoms with Crippen LogP contribution >= 0.6 is 11.6 Å². The van der Waals surface area contributed by atoms with Gasteiger partial charge in [-0.3, -0.25) is 0 Å². The van der Waals surface area contributed by atoms with Gasteiger partial charge in [0.15, 0.2) is 0 Å². The van der Waals surface area contributed by atoms with Crippen molar-refractivity contribution in [3.63, 3.8) is 0 Å². The molecule has 1 aliphatic rings. The quantitative estimate of drug-likeness (QED) is 0.816. The van der Waals surface area contributed by atoms with Crippen LogP contribution in [0.1, 0.15) is 44.5 Å². The van der Waals surface area contributed by atoms with Crippen molar-refractivity contribution in [1.29, 1.82) is 0 Å². The van der Waals surface area contributed by atoms with E-state index < -0.39 is 0 Å². The minimum atomic E-state index is 0.390. The smallest absolute Gasteiger partial charge is 0.137 e. The van der Waals surface area contributed by atoms with Gasteiger partial charge in [-0.05, 0) is 38.8 Å². The molecule has 1 atom stereocenters. The van der Waals surface area contributed by atoms with E-state index >= 15 is 0 Å². The van der Waals surface area contributed by atoms with Crippen molar-refractivity contribution in [1.82, 2.24) is 19.7 Å². The predicted molar refractivity (Wildman–Crippen MR) is 83.8 cm³/mol. The summed E-state index contributed by atoms with van der Waals surface area (Å²) in [6, 6.07) is 4.33. The van der Waals surface area contributed by atoms with Gasteiger partial charge in [-0.1, -0.05) is 11.6 Å². The average Bonchev–Trinajstić information content (AvgIpc) is 2.97. The third kappa shape index (κ3) is 3.02. The number of aromatic nitrogens is 4. The summed E-state index contributed by atoms with van der Waals surface area (Å²) in [7, 11) is 0. The van der Waals surface area contributed by atoms with Crippen molar-refractivity contribution >= 4 is 17.3 Å². The standard InChI is InChI=1S/C15H20ClN5/c1-11(2)21-10-18-19-15(21)12-4-3-7-20(9-12)13-5-6-17-14(16)8-13/h5-6,8,10-12H,3-4,7,9H2,1-2H3. The van der Waals surface area contributed by atoms with Gasteiger partial charge in [0.2, 0.25) is 0 Å². The monoisotopic (exact) mass is 305 g/mol. The Morgan fingerprint density at radius 3 is 3.00 bits per heavy atom. The third-order valence-corrected chi connectivity index (χ3v) is 4.23. The number of nitrogens with zero attached hydrogens (tertiary/aromatic N) is 5. The third-order valence-electron chi connectivity index (χ3n) is 4.02. The normalized spacial score (nSPS) is 19.2. The Hall–Kier alpha value is -1.62. The highest BCUT2D eigenvalue weighted by molar-refractivity contribution is 6.29. The summed E-state index contributed by atoms with van der Waals surface area (Å²) in [6.07, 6.45) is 5.90. The minimum Gasteiger partial charge on any atom is -0.371 e. The fourth-order valence-electron chi connectivity index (χ4n) is 2.95. The van der Waals surface area contributed by atoms with E-state index in [0.29, 0.717) is 17.1 Å². The number of halogens is 1. The molecule has 2 aromatic rings. The molecule has 112 valence electrons. The first-order valence-electron chi connectivity index (χ1n) is 7.41. The van der Waals surface area contributed by atoms with Crippen molar-refractivity contribution < 1.29 is 0 Å². The van der Waals surface area contributed by atoms with Gasteiger partial charge >= 0.3 is 0 Å². The Morgan fingerprint density at radius 2 is 2.24 bits per heavy atom. The molecule has 0 radical (unpaired) electrons. The van der Waals surface area contributed by atoms with Gasteiger partial charge in [0.1, 0.15) is 17.3 Å². The average molecular weight is 306 g/mol. The molecule has 0 bridgehead atoms. The highest BCUT2D eigenvalue weighted by Gasteiger charge is 2.26. The second-order valence-corrected chi connectivity index (χ2v) is 6.20. The van der Waals surface area contributed by atoms with Crippen molar-refractivity contribution in [2.45, 2.75) is 38.6 Å². The molecule has 6 heteroatoms. The van der Waals surface area contributed by atoms with E-state index in [-0.39, 0.29) is 0 Å². The summed E-state index contributed by atoms with van der Waals surface area (Å²) < 4.78 is 2.17. The number of anilines is 1. The van der Waals surface area contributed by atoms with Crippen LogP contribution in [0, 0.1) is 0 Å². The molecule has 3 heterocycles. The summed E-state index contributed by atoms with van der Waals surface area (Å²) in [5, 5.41) is 8.99. The largest absolute Gasteiger partial charge is 0.371 e. The van der Waals surface area contributed by atoms with Crippen LogP contribution in [-0.2, 0) is 0 Å². The summed E-state index contributed by atoms with van der Waals surface area (Å²) in [4.78, 5) is 6.42. The number of hydrogen-bond acceptors (Lipinski definition) is 4. The predicted octanol–water partition coefficient (Wildman–Crippen LogP) is 3.29. The molecule has 1 saturated heterocycles. The summed E-state index contributed by atoms with van der Waals surface area (Å²) in [6.45, 7) is 6.32. The molecule has 0 aromatic carbocycles. The second kappa shape index (κ2) is 6.02. The lowest BCUT2D eigenvalue weighted by atomic mass is 9.96. The fourth-order valence-corrected chi connectivity index (χ4v) is 3.12. The van der Waals surface area contributed by atoms with Gasteiger partial charge in [-0.15, -0.1) is 10.2 Å². The van der Waals surface area contributed by atoms with Gasteiger partial charge in [0.25, 0.3) is 0 Å². The lowest BCUT2D eigenvalue weighted by Crippen LogP contribution is -2.35. The molecular formula is C15H20ClN5. The maximum absolute atomic E-state index is 6.00. The molecule has 21 heavy (non-hydrogen) atoms. The van der Waals surface area contributed by atoms with Crippen LogP contribution in [0.5, 0.6) is 0 Å². The highest BCUT2D eigenvalue weighted by atomic mass is 35.5. The highest BCUT2D eigenvalue weighted by Crippen LogP contribution is 2.30. The zero-order valence-electron chi connectivity index (χ0n) is 12.4. The van der Waals surface area contributed by atoms with Gasteiger partial charge < -0.3 is 9.47 Å². The first-order chi connectivity index (χ1) is 10.1. The Kier molecular flexibility index (Phi) is 4.10. The van der Waals surface area contributed by atoms with Gasteiger partial charge in [0, 0.05) is 36.9 Å². The molecule has 1 fully saturated rings. The van der Waals surface area contributed by atoms with Crippen LogP contribution in [0.3, 0.4) is 0 Å². The molecule has 3 rings (SSSR count). The maximum atomic E-state index is 6.00. The number of hydrogen-bond donors (Lipinski definition) is 0. The molecule has 2 aromatic heterocycles. The van der Waals surface area contributed by atoms with Crippen molar-refractivity contribution in [3.05, 3.63) is 35.6 Å². The summed E-state index contributed by atoms with van der Waals surface area (Å²) >= 11 is 6.00. The maximum Gasteiger partial charge on any atom is 0.137 e.